The van der Waals surface area contributed by atoms with Crippen LogP contribution in [0.3, 0.4) is 0 Å². The lowest BCUT2D eigenvalue weighted by Crippen LogP contribution is -2.14. The number of nitrogens with two attached hydrogens (primary N) is 1. The summed E-state index contributed by atoms with van der Waals surface area (Å²) in [7, 11) is 0. The van der Waals surface area contributed by atoms with Gasteiger partial charge in [-0.2, -0.15) is 0 Å². The standard InChI is InChI=1S/C11H12FNO/c1-7(2)10(11(13)14)8-4-3-5-9(12)6-8/h3-6H,1-2H3,(H2,13,14). The summed E-state index contributed by atoms with van der Waals surface area (Å²) in [6, 6.07) is 5.84. The van der Waals surface area contributed by atoms with E-state index in [9.17, 15) is 9.18 Å². The molecule has 0 saturated carbocycles. The molecule has 1 amide bonds. The number of halogens is 1. The van der Waals surface area contributed by atoms with Gasteiger partial charge < -0.3 is 5.73 Å². The molecule has 0 fully saturated rings. The lowest BCUT2D eigenvalue weighted by Gasteiger charge is -2.05. The van der Waals surface area contributed by atoms with Crippen LogP contribution in [0.25, 0.3) is 5.57 Å². The zero-order valence-electron chi connectivity index (χ0n) is 8.17. The number of hydrogen-bond donors (Lipinski definition) is 1. The van der Waals surface area contributed by atoms with Crippen LogP contribution in [-0.2, 0) is 4.79 Å². The Morgan fingerprint density at radius 3 is 2.43 bits per heavy atom. The predicted octanol–water partition coefficient (Wildman–Crippen LogP) is 2.10. The SMILES string of the molecule is CC(C)=C(C(N)=O)c1cccc(F)c1. The highest BCUT2D eigenvalue weighted by Gasteiger charge is 2.10. The lowest BCUT2D eigenvalue weighted by molar-refractivity contribution is -0.112. The summed E-state index contributed by atoms with van der Waals surface area (Å²) in [5.74, 6) is -0.905. The third kappa shape index (κ3) is 2.19. The van der Waals surface area contributed by atoms with Gasteiger partial charge in [-0.15, -0.1) is 0 Å². The normalized spacial score (nSPS) is 9.64. The van der Waals surface area contributed by atoms with E-state index in [1.54, 1.807) is 26.0 Å². The molecule has 2 N–H and O–H groups in total. The zero-order valence-corrected chi connectivity index (χ0v) is 8.17. The molecule has 3 heteroatoms. The minimum Gasteiger partial charge on any atom is -0.366 e. The van der Waals surface area contributed by atoms with Crippen LogP contribution in [0.15, 0.2) is 29.8 Å². The zero-order chi connectivity index (χ0) is 10.7. The second-order valence-corrected chi connectivity index (χ2v) is 3.25. The van der Waals surface area contributed by atoms with Gasteiger partial charge in [-0.25, -0.2) is 4.39 Å². The summed E-state index contributed by atoms with van der Waals surface area (Å²) in [6.07, 6.45) is 0. The van der Waals surface area contributed by atoms with Gasteiger partial charge in [0.15, 0.2) is 0 Å². The van der Waals surface area contributed by atoms with Crippen LogP contribution in [0, 0.1) is 5.82 Å². The number of carbonyl (C=O) groups excluding carboxylic acids is 1. The number of allylic oxidation sites excluding steroid dienone is 1. The molecule has 0 heterocycles. The van der Waals surface area contributed by atoms with Crippen LogP contribution in [-0.4, -0.2) is 5.91 Å². The monoisotopic (exact) mass is 193 g/mol. The molecule has 14 heavy (non-hydrogen) atoms. The van der Waals surface area contributed by atoms with Crippen molar-refractivity contribution in [1.82, 2.24) is 0 Å². The van der Waals surface area contributed by atoms with Crippen LogP contribution >= 0.6 is 0 Å². The molecule has 0 spiro atoms. The quantitative estimate of drug-likeness (QED) is 0.718. The molecule has 74 valence electrons. The molecule has 0 aromatic heterocycles. The summed E-state index contributed by atoms with van der Waals surface area (Å²) in [5.41, 5.74) is 6.89. The van der Waals surface area contributed by atoms with Crippen molar-refractivity contribution in [3.63, 3.8) is 0 Å². The molecule has 0 atom stereocenters. The highest BCUT2D eigenvalue weighted by molar-refractivity contribution is 6.19. The summed E-state index contributed by atoms with van der Waals surface area (Å²) in [4.78, 5) is 11.1. The summed E-state index contributed by atoms with van der Waals surface area (Å²) in [5, 5.41) is 0. The molecular formula is C11H12FNO. The Bertz CT molecular complexity index is 392. The second kappa shape index (κ2) is 4.05. The first-order chi connectivity index (χ1) is 6.52. The Hall–Kier alpha value is -1.64. The maximum Gasteiger partial charge on any atom is 0.249 e. The molecule has 0 aliphatic heterocycles. The largest absolute Gasteiger partial charge is 0.366 e. The molecule has 0 aliphatic rings. The number of amides is 1. The van der Waals surface area contributed by atoms with Crippen molar-refractivity contribution in [2.24, 2.45) is 5.73 Å². The van der Waals surface area contributed by atoms with E-state index in [0.29, 0.717) is 11.1 Å². The van der Waals surface area contributed by atoms with Crippen LogP contribution in [0.2, 0.25) is 0 Å². The van der Waals surface area contributed by atoms with E-state index in [-0.39, 0.29) is 5.82 Å². The van der Waals surface area contributed by atoms with Gasteiger partial charge in [0.1, 0.15) is 5.82 Å². The Balaban J connectivity index is 3.27. The van der Waals surface area contributed by atoms with Crippen molar-refractivity contribution in [3.05, 3.63) is 41.2 Å². The van der Waals surface area contributed by atoms with Gasteiger partial charge in [-0.05, 0) is 31.5 Å². The maximum atomic E-state index is 12.9. The van der Waals surface area contributed by atoms with Crippen molar-refractivity contribution in [1.29, 1.82) is 0 Å². The Morgan fingerprint density at radius 2 is 2.00 bits per heavy atom. The molecule has 1 aromatic rings. The highest BCUT2D eigenvalue weighted by Crippen LogP contribution is 2.18. The van der Waals surface area contributed by atoms with Gasteiger partial charge in [0.05, 0.1) is 0 Å². The Kier molecular flexibility index (Phi) is 3.02. The minimum atomic E-state index is -0.532. The van der Waals surface area contributed by atoms with Crippen LogP contribution < -0.4 is 5.73 Å². The van der Waals surface area contributed by atoms with E-state index in [2.05, 4.69) is 0 Å². The van der Waals surface area contributed by atoms with Crippen LogP contribution in [0.4, 0.5) is 4.39 Å². The van der Waals surface area contributed by atoms with E-state index >= 15 is 0 Å². The molecule has 1 rings (SSSR count). The number of rotatable bonds is 2. The fraction of sp³-hybridized carbons (Fsp3) is 0.182. The van der Waals surface area contributed by atoms with Crippen molar-refractivity contribution in [3.8, 4) is 0 Å². The number of primary amides is 1. The van der Waals surface area contributed by atoms with Gasteiger partial charge in [-0.3, -0.25) is 4.79 Å². The first-order valence-corrected chi connectivity index (χ1v) is 4.25. The third-order valence-corrected chi connectivity index (χ3v) is 1.86. The summed E-state index contributed by atoms with van der Waals surface area (Å²) in [6.45, 7) is 3.54. The fourth-order valence-electron chi connectivity index (χ4n) is 1.32. The van der Waals surface area contributed by atoms with Gasteiger partial charge in [0, 0.05) is 5.57 Å². The van der Waals surface area contributed by atoms with Gasteiger partial charge in [0.25, 0.3) is 0 Å². The molecule has 0 aliphatic carbocycles. The Labute approximate surface area is 82.2 Å². The van der Waals surface area contributed by atoms with E-state index in [1.165, 1.54) is 12.1 Å². The second-order valence-electron chi connectivity index (χ2n) is 3.25. The third-order valence-electron chi connectivity index (χ3n) is 1.86. The van der Waals surface area contributed by atoms with Crippen molar-refractivity contribution < 1.29 is 9.18 Å². The number of carbonyl (C=O) groups is 1. The molecule has 2 nitrogen and oxygen atoms in total. The van der Waals surface area contributed by atoms with Crippen molar-refractivity contribution in [2.75, 3.05) is 0 Å². The Morgan fingerprint density at radius 1 is 1.36 bits per heavy atom. The number of hydrogen-bond acceptors (Lipinski definition) is 1. The molecule has 0 radical (unpaired) electrons. The van der Waals surface area contributed by atoms with Crippen LogP contribution in [0.1, 0.15) is 19.4 Å². The molecular weight excluding hydrogens is 181 g/mol. The first-order valence-electron chi connectivity index (χ1n) is 4.25. The highest BCUT2D eigenvalue weighted by atomic mass is 19.1. The summed E-state index contributed by atoms with van der Waals surface area (Å²) < 4.78 is 12.9. The van der Waals surface area contributed by atoms with E-state index < -0.39 is 5.91 Å². The van der Waals surface area contributed by atoms with Crippen molar-refractivity contribution in [2.45, 2.75) is 13.8 Å². The van der Waals surface area contributed by atoms with E-state index in [0.717, 1.165) is 5.57 Å². The minimum absolute atomic E-state index is 0.373. The number of benzene rings is 1. The molecule has 0 saturated heterocycles. The van der Waals surface area contributed by atoms with Gasteiger partial charge in [-0.1, -0.05) is 17.7 Å². The molecule has 0 bridgehead atoms. The lowest BCUT2D eigenvalue weighted by atomic mass is 10.0. The van der Waals surface area contributed by atoms with Crippen molar-refractivity contribution >= 4 is 11.5 Å². The average Bonchev–Trinajstić information content (AvgIpc) is 2.02. The fourth-order valence-corrected chi connectivity index (χ4v) is 1.32. The average molecular weight is 193 g/mol. The smallest absolute Gasteiger partial charge is 0.249 e. The summed E-state index contributed by atoms with van der Waals surface area (Å²) >= 11 is 0. The van der Waals surface area contributed by atoms with Gasteiger partial charge >= 0.3 is 0 Å². The van der Waals surface area contributed by atoms with E-state index in [4.69, 9.17) is 5.73 Å². The predicted molar refractivity (Wildman–Crippen MR) is 53.9 cm³/mol. The van der Waals surface area contributed by atoms with Gasteiger partial charge in [0.2, 0.25) is 5.91 Å². The first kappa shape index (κ1) is 10.4. The maximum absolute atomic E-state index is 12.9. The topological polar surface area (TPSA) is 43.1 Å². The van der Waals surface area contributed by atoms with E-state index in [1.807, 2.05) is 0 Å². The molecule has 0 unspecified atom stereocenters. The molecule has 1 aromatic carbocycles. The van der Waals surface area contributed by atoms with Crippen LogP contribution in [0.5, 0.6) is 0 Å².